The van der Waals surface area contributed by atoms with Crippen LogP contribution in [0.2, 0.25) is 0 Å². The van der Waals surface area contributed by atoms with Crippen molar-refractivity contribution in [3.05, 3.63) is 65.6 Å². The standard InChI is InChI=1S/C21H21N5O3/c1-4-29-20(27)17-13(2)23-21-24-19(15-6-5-11-22-12-15)25-26(21)18(17)14-7-9-16(28-3)10-8-14/h5-12,18H,4H2,1-3H3,(H,23,24,25). The molecule has 1 aliphatic rings. The third-order valence-electron chi connectivity index (χ3n) is 4.70. The van der Waals surface area contributed by atoms with Crippen LogP contribution in [0.1, 0.15) is 25.5 Å². The molecule has 29 heavy (non-hydrogen) atoms. The van der Waals surface area contributed by atoms with E-state index >= 15 is 0 Å². The lowest BCUT2D eigenvalue weighted by Crippen LogP contribution is -2.29. The number of methoxy groups -OCH3 is 1. The molecule has 0 saturated heterocycles. The van der Waals surface area contributed by atoms with Crippen molar-refractivity contribution in [1.82, 2.24) is 19.7 Å². The number of allylic oxidation sites excluding steroid dienone is 1. The van der Waals surface area contributed by atoms with Crippen LogP contribution in [0.4, 0.5) is 5.95 Å². The summed E-state index contributed by atoms with van der Waals surface area (Å²) in [4.78, 5) is 21.5. The minimum absolute atomic E-state index is 0.288. The monoisotopic (exact) mass is 391 g/mol. The van der Waals surface area contributed by atoms with Gasteiger partial charge in [0.2, 0.25) is 5.95 Å². The van der Waals surface area contributed by atoms with Gasteiger partial charge in [0.1, 0.15) is 11.8 Å². The molecule has 0 aliphatic carbocycles. The lowest BCUT2D eigenvalue weighted by Gasteiger charge is -2.28. The lowest BCUT2D eigenvalue weighted by molar-refractivity contribution is -0.139. The Balaban J connectivity index is 1.85. The summed E-state index contributed by atoms with van der Waals surface area (Å²) in [6, 6.07) is 10.8. The number of pyridine rings is 1. The second kappa shape index (κ2) is 7.75. The Labute approximate surface area is 168 Å². The van der Waals surface area contributed by atoms with Gasteiger partial charge in [0, 0.05) is 23.7 Å². The van der Waals surface area contributed by atoms with E-state index in [2.05, 4.69) is 20.4 Å². The molecule has 148 valence electrons. The molecular formula is C21H21N5O3. The molecule has 3 aromatic rings. The fourth-order valence-corrected chi connectivity index (χ4v) is 3.34. The summed E-state index contributed by atoms with van der Waals surface area (Å²) in [5.74, 6) is 1.42. The number of benzene rings is 1. The van der Waals surface area contributed by atoms with Gasteiger partial charge in [-0.3, -0.25) is 4.98 Å². The number of carbonyl (C=O) groups is 1. The molecule has 1 aromatic carbocycles. The van der Waals surface area contributed by atoms with Gasteiger partial charge in [-0.05, 0) is 43.7 Å². The van der Waals surface area contributed by atoms with E-state index in [1.54, 1.807) is 31.1 Å². The van der Waals surface area contributed by atoms with Crippen molar-refractivity contribution >= 4 is 11.9 Å². The van der Waals surface area contributed by atoms with E-state index in [1.165, 1.54) is 0 Å². The summed E-state index contributed by atoms with van der Waals surface area (Å²) in [6.45, 7) is 3.91. The van der Waals surface area contributed by atoms with Crippen molar-refractivity contribution in [3.63, 3.8) is 0 Å². The molecule has 0 fully saturated rings. The Hall–Kier alpha value is -3.68. The van der Waals surface area contributed by atoms with Crippen molar-refractivity contribution in [2.75, 3.05) is 19.0 Å². The Morgan fingerprint density at radius 3 is 2.69 bits per heavy atom. The second-order valence-electron chi connectivity index (χ2n) is 6.51. The van der Waals surface area contributed by atoms with Crippen LogP contribution in [-0.4, -0.2) is 39.4 Å². The number of ether oxygens (including phenoxy) is 2. The first-order chi connectivity index (χ1) is 14.1. The number of carbonyl (C=O) groups excluding carboxylic acids is 1. The summed E-state index contributed by atoms with van der Waals surface area (Å²) in [5.41, 5.74) is 2.84. The van der Waals surface area contributed by atoms with Crippen LogP contribution in [-0.2, 0) is 9.53 Å². The maximum Gasteiger partial charge on any atom is 0.338 e. The summed E-state index contributed by atoms with van der Waals surface area (Å²) >= 11 is 0. The molecule has 0 spiro atoms. The van der Waals surface area contributed by atoms with Crippen molar-refractivity contribution in [1.29, 1.82) is 0 Å². The summed E-state index contributed by atoms with van der Waals surface area (Å²) in [5, 5.41) is 7.86. The number of rotatable bonds is 5. The fraction of sp³-hybridized carbons (Fsp3) is 0.238. The lowest BCUT2D eigenvalue weighted by atomic mass is 9.96. The maximum atomic E-state index is 12.8. The molecule has 0 radical (unpaired) electrons. The average Bonchev–Trinajstić information content (AvgIpc) is 3.17. The van der Waals surface area contributed by atoms with Crippen molar-refractivity contribution in [3.8, 4) is 17.1 Å². The Kier molecular flexibility index (Phi) is 4.99. The van der Waals surface area contributed by atoms with Crippen LogP contribution in [0.3, 0.4) is 0 Å². The van der Waals surface area contributed by atoms with E-state index in [0.717, 1.165) is 16.9 Å². The Morgan fingerprint density at radius 2 is 2.03 bits per heavy atom. The van der Waals surface area contributed by atoms with Gasteiger partial charge < -0.3 is 14.8 Å². The van der Waals surface area contributed by atoms with E-state index in [1.807, 2.05) is 43.3 Å². The molecule has 0 saturated carbocycles. The van der Waals surface area contributed by atoms with Crippen LogP contribution in [0.25, 0.3) is 11.4 Å². The molecule has 3 heterocycles. The van der Waals surface area contributed by atoms with Gasteiger partial charge in [-0.25, -0.2) is 9.48 Å². The minimum Gasteiger partial charge on any atom is -0.497 e. The third kappa shape index (κ3) is 3.44. The summed E-state index contributed by atoms with van der Waals surface area (Å²) in [6.07, 6.45) is 3.40. The molecule has 1 N–H and O–H groups in total. The van der Waals surface area contributed by atoms with Crippen molar-refractivity contribution in [2.24, 2.45) is 0 Å². The first kappa shape index (κ1) is 18.7. The van der Waals surface area contributed by atoms with Crippen LogP contribution in [0, 0.1) is 0 Å². The van der Waals surface area contributed by atoms with E-state index in [4.69, 9.17) is 9.47 Å². The molecule has 2 aromatic heterocycles. The molecule has 1 atom stereocenters. The number of anilines is 1. The number of nitrogens with one attached hydrogen (secondary N) is 1. The highest BCUT2D eigenvalue weighted by atomic mass is 16.5. The normalized spacial score (nSPS) is 15.5. The fourth-order valence-electron chi connectivity index (χ4n) is 3.34. The predicted octanol–water partition coefficient (Wildman–Crippen LogP) is 3.20. The van der Waals surface area contributed by atoms with Gasteiger partial charge in [-0.1, -0.05) is 12.1 Å². The van der Waals surface area contributed by atoms with Crippen molar-refractivity contribution < 1.29 is 14.3 Å². The number of nitrogens with zero attached hydrogens (tertiary/aromatic N) is 4. The molecular weight excluding hydrogens is 370 g/mol. The number of hydrogen-bond acceptors (Lipinski definition) is 7. The molecule has 4 rings (SSSR count). The summed E-state index contributed by atoms with van der Waals surface area (Å²) < 4.78 is 12.3. The van der Waals surface area contributed by atoms with Gasteiger partial charge in [0.05, 0.1) is 19.3 Å². The first-order valence-corrected chi connectivity index (χ1v) is 9.28. The number of esters is 1. The summed E-state index contributed by atoms with van der Waals surface area (Å²) in [7, 11) is 1.61. The van der Waals surface area contributed by atoms with Gasteiger partial charge in [-0.15, -0.1) is 5.10 Å². The molecule has 1 aliphatic heterocycles. The SMILES string of the molecule is CCOC(=O)C1=C(C)Nc2nc(-c3cccnc3)nn2C1c1ccc(OC)cc1. The van der Waals surface area contributed by atoms with E-state index in [-0.39, 0.29) is 12.6 Å². The van der Waals surface area contributed by atoms with Gasteiger partial charge in [0.15, 0.2) is 5.82 Å². The highest BCUT2D eigenvalue weighted by molar-refractivity contribution is 5.92. The van der Waals surface area contributed by atoms with Gasteiger partial charge in [0.25, 0.3) is 0 Å². The van der Waals surface area contributed by atoms with Crippen LogP contribution in [0.5, 0.6) is 5.75 Å². The van der Waals surface area contributed by atoms with Crippen LogP contribution >= 0.6 is 0 Å². The topological polar surface area (TPSA) is 91.2 Å². The van der Waals surface area contributed by atoms with Gasteiger partial charge in [-0.2, -0.15) is 4.98 Å². The Bertz CT molecular complexity index is 1060. The zero-order valence-electron chi connectivity index (χ0n) is 16.4. The second-order valence-corrected chi connectivity index (χ2v) is 6.51. The zero-order chi connectivity index (χ0) is 20.4. The third-order valence-corrected chi connectivity index (χ3v) is 4.70. The Morgan fingerprint density at radius 1 is 1.24 bits per heavy atom. The molecule has 0 bridgehead atoms. The largest absolute Gasteiger partial charge is 0.497 e. The first-order valence-electron chi connectivity index (χ1n) is 9.28. The zero-order valence-corrected chi connectivity index (χ0v) is 16.4. The van der Waals surface area contributed by atoms with E-state index < -0.39 is 6.04 Å². The van der Waals surface area contributed by atoms with Crippen molar-refractivity contribution in [2.45, 2.75) is 19.9 Å². The van der Waals surface area contributed by atoms with Gasteiger partial charge >= 0.3 is 5.97 Å². The smallest absolute Gasteiger partial charge is 0.338 e. The molecule has 8 nitrogen and oxygen atoms in total. The van der Waals surface area contributed by atoms with E-state index in [0.29, 0.717) is 23.0 Å². The molecule has 0 amide bonds. The van der Waals surface area contributed by atoms with Crippen LogP contribution < -0.4 is 10.1 Å². The highest BCUT2D eigenvalue weighted by Gasteiger charge is 2.35. The minimum atomic E-state index is -0.478. The number of fused-ring (bicyclic) bond motifs is 1. The van der Waals surface area contributed by atoms with Crippen LogP contribution in [0.15, 0.2) is 60.1 Å². The number of hydrogen-bond donors (Lipinski definition) is 1. The quantitative estimate of drug-likeness (QED) is 0.668. The number of aromatic nitrogens is 4. The van der Waals surface area contributed by atoms with E-state index in [9.17, 15) is 4.79 Å². The highest BCUT2D eigenvalue weighted by Crippen LogP contribution is 2.37. The maximum absolute atomic E-state index is 12.8. The average molecular weight is 391 g/mol. The predicted molar refractivity (Wildman–Crippen MR) is 107 cm³/mol. The molecule has 8 heteroatoms. The molecule has 1 unspecified atom stereocenters.